The smallest absolute Gasteiger partial charge is 0.0541 e. The van der Waals surface area contributed by atoms with Gasteiger partial charge in [-0.05, 0) is 109 Å². The lowest BCUT2D eigenvalue weighted by Gasteiger charge is -2.40. The molecule has 0 amide bonds. The number of fused-ring (bicyclic) bond motifs is 12. The van der Waals surface area contributed by atoms with Gasteiger partial charge in [0.25, 0.3) is 0 Å². The number of nitrogens with zero attached hydrogens (tertiary/aromatic N) is 4. The molecule has 4 nitrogen and oxygen atoms in total. The van der Waals surface area contributed by atoms with Gasteiger partial charge in [-0.1, -0.05) is 165 Å². The average molecular weight is 897 g/mol. The highest BCUT2D eigenvalue weighted by Crippen LogP contribution is 2.49. The Morgan fingerprint density at radius 2 is 0.429 bits per heavy atom. The van der Waals surface area contributed by atoms with Crippen LogP contribution < -0.4 is 0 Å². The molecule has 14 aromatic rings. The molecule has 0 spiro atoms. The quantitative estimate of drug-likeness (QED) is 0.158. The predicted octanol–water partition coefficient (Wildman–Crippen LogP) is 17.3. The van der Waals surface area contributed by atoms with Gasteiger partial charge in [-0.15, -0.1) is 0 Å². The molecule has 1 fully saturated rings. The molecule has 70 heavy (non-hydrogen) atoms. The summed E-state index contributed by atoms with van der Waals surface area (Å²) >= 11 is 0. The van der Waals surface area contributed by atoms with E-state index in [-0.39, 0.29) is 5.41 Å². The fraction of sp³-hybridized carbons (Fsp3) is 0.0909. The zero-order chi connectivity index (χ0) is 45.9. The lowest BCUT2D eigenvalue weighted by molar-refractivity contribution is 0.346. The van der Waals surface area contributed by atoms with E-state index in [4.69, 9.17) is 0 Å². The molecule has 0 saturated heterocycles. The van der Waals surface area contributed by atoms with Crippen molar-refractivity contribution in [3.8, 4) is 22.7 Å². The van der Waals surface area contributed by atoms with Crippen molar-refractivity contribution in [3.63, 3.8) is 0 Å². The van der Waals surface area contributed by atoms with E-state index in [9.17, 15) is 0 Å². The number of para-hydroxylation sites is 8. The molecule has 0 aliphatic heterocycles. The first-order valence-corrected chi connectivity index (χ1v) is 25.0. The maximum Gasteiger partial charge on any atom is 0.0541 e. The van der Waals surface area contributed by atoms with Gasteiger partial charge in [0.2, 0.25) is 0 Å². The summed E-state index contributed by atoms with van der Waals surface area (Å²) in [6.45, 7) is 0. The van der Waals surface area contributed by atoms with Gasteiger partial charge in [0.1, 0.15) is 0 Å². The van der Waals surface area contributed by atoms with Crippen LogP contribution in [-0.2, 0) is 5.41 Å². The third-order valence-corrected chi connectivity index (χ3v) is 16.0. The Labute approximate surface area is 405 Å². The van der Waals surface area contributed by atoms with Crippen LogP contribution in [0.25, 0.3) is 110 Å². The van der Waals surface area contributed by atoms with E-state index in [1.807, 2.05) is 0 Å². The molecular weight excluding hydrogens is 849 g/mol. The van der Waals surface area contributed by atoms with Crippen molar-refractivity contribution in [2.45, 2.75) is 37.5 Å². The third kappa shape index (κ3) is 5.65. The van der Waals surface area contributed by atoms with Gasteiger partial charge in [0.05, 0.1) is 44.1 Å². The predicted molar refractivity (Wildman–Crippen MR) is 294 cm³/mol. The minimum absolute atomic E-state index is 0.317. The SMILES string of the molecule is c1ccc2c(c1)c1ccccc1n2-c1cc(-n2c3ccccc3c3ccccc32)cc(C2(c3cc(-n4c5ccccc5c5ccccc54)cc(-n4c5ccccc5c5ccccc54)c3)CCCCC2)c1. The largest absolute Gasteiger partial charge is 0.309 e. The minimum Gasteiger partial charge on any atom is -0.309 e. The summed E-state index contributed by atoms with van der Waals surface area (Å²) in [7, 11) is 0. The number of benzene rings is 10. The molecule has 0 N–H and O–H groups in total. The first-order valence-electron chi connectivity index (χ1n) is 25.0. The molecule has 0 unspecified atom stereocenters. The van der Waals surface area contributed by atoms with Crippen molar-refractivity contribution in [1.82, 2.24) is 18.3 Å². The summed E-state index contributed by atoms with van der Waals surface area (Å²) < 4.78 is 10.1. The molecule has 0 bridgehead atoms. The molecule has 15 rings (SSSR count). The van der Waals surface area contributed by atoms with Crippen LogP contribution in [0.5, 0.6) is 0 Å². The summed E-state index contributed by atoms with van der Waals surface area (Å²) in [5, 5.41) is 10.1. The van der Waals surface area contributed by atoms with E-state index in [1.165, 1.54) is 128 Å². The van der Waals surface area contributed by atoms with Crippen LogP contribution >= 0.6 is 0 Å². The molecule has 1 saturated carbocycles. The number of hydrogen-bond acceptors (Lipinski definition) is 0. The van der Waals surface area contributed by atoms with Crippen molar-refractivity contribution in [3.05, 3.63) is 242 Å². The summed E-state index contributed by atoms with van der Waals surface area (Å²) in [6, 6.07) is 86.7. The second-order valence-corrected chi connectivity index (χ2v) is 19.6. The standard InChI is InChI=1S/C66H48N4/c1-18-36-66(37-19-1,44-38-46(67-58-28-10-2-20-50(58)51-21-3-11-29-59(51)67)42-47(39-44)68-60-30-12-4-22-52(60)53-23-5-13-31-61(53)68)45-40-48(69-62-32-14-6-24-54(62)55-25-7-15-33-63(55)69)43-49(41-45)70-64-34-16-8-26-56(64)57-27-9-17-35-65(57)70/h2-17,20-35,38-43H,1,18-19,36-37H2. The van der Waals surface area contributed by atoms with Crippen LogP contribution in [-0.4, -0.2) is 18.3 Å². The van der Waals surface area contributed by atoms with Crippen molar-refractivity contribution >= 4 is 87.2 Å². The van der Waals surface area contributed by atoms with Crippen LogP contribution in [0.1, 0.15) is 43.2 Å². The van der Waals surface area contributed by atoms with Crippen molar-refractivity contribution < 1.29 is 0 Å². The zero-order valence-corrected chi connectivity index (χ0v) is 38.8. The van der Waals surface area contributed by atoms with Gasteiger partial charge in [0, 0.05) is 71.3 Å². The van der Waals surface area contributed by atoms with Crippen LogP contribution in [0, 0.1) is 0 Å². The Hall–Kier alpha value is -8.60. The fourth-order valence-electron chi connectivity index (χ4n) is 13.0. The van der Waals surface area contributed by atoms with Gasteiger partial charge in [-0.25, -0.2) is 0 Å². The van der Waals surface area contributed by atoms with Gasteiger partial charge in [-0.2, -0.15) is 0 Å². The molecule has 1 aliphatic rings. The molecule has 10 aromatic carbocycles. The molecule has 332 valence electrons. The molecule has 4 aromatic heterocycles. The number of aromatic nitrogens is 4. The Balaban J connectivity index is 1.08. The van der Waals surface area contributed by atoms with Crippen LogP contribution in [0.4, 0.5) is 0 Å². The normalized spacial score (nSPS) is 14.1. The summed E-state index contributed by atoms with van der Waals surface area (Å²) in [5.41, 5.74) is 16.8. The van der Waals surface area contributed by atoms with Crippen molar-refractivity contribution in [2.75, 3.05) is 0 Å². The van der Waals surface area contributed by atoms with Crippen LogP contribution in [0.2, 0.25) is 0 Å². The maximum atomic E-state index is 2.56. The average Bonchev–Trinajstić information content (AvgIpc) is 4.16. The highest BCUT2D eigenvalue weighted by Gasteiger charge is 2.38. The summed E-state index contributed by atoms with van der Waals surface area (Å²) in [5.74, 6) is 0. The molecule has 4 heterocycles. The van der Waals surface area contributed by atoms with Gasteiger partial charge < -0.3 is 18.3 Å². The van der Waals surface area contributed by atoms with Crippen LogP contribution in [0.3, 0.4) is 0 Å². The van der Waals surface area contributed by atoms with E-state index >= 15 is 0 Å². The second kappa shape index (κ2) is 15.2. The van der Waals surface area contributed by atoms with Gasteiger partial charge >= 0.3 is 0 Å². The van der Waals surface area contributed by atoms with E-state index in [0.29, 0.717) is 0 Å². The highest BCUT2D eigenvalue weighted by molar-refractivity contribution is 6.12. The maximum absolute atomic E-state index is 2.56. The van der Waals surface area contributed by atoms with Gasteiger partial charge in [0.15, 0.2) is 0 Å². The second-order valence-electron chi connectivity index (χ2n) is 19.6. The molecular formula is C66H48N4. The topological polar surface area (TPSA) is 19.7 Å². The van der Waals surface area contributed by atoms with E-state index in [0.717, 1.165) is 25.7 Å². The first kappa shape index (κ1) is 39.4. The van der Waals surface area contributed by atoms with Crippen molar-refractivity contribution in [1.29, 1.82) is 0 Å². The van der Waals surface area contributed by atoms with Crippen LogP contribution in [0.15, 0.2) is 231 Å². The number of rotatable bonds is 6. The highest BCUT2D eigenvalue weighted by atomic mass is 15.0. The molecule has 0 radical (unpaired) electrons. The minimum atomic E-state index is -0.317. The van der Waals surface area contributed by atoms with Gasteiger partial charge in [-0.3, -0.25) is 0 Å². The first-order chi connectivity index (χ1) is 34.7. The molecule has 0 atom stereocenters. The Morgan fingerprint density at radius 1 is 0.229 bits per heavy atom. The number of hydrogen-bond donors (Lipinski definition) is 0. The van der Waals surface area contributed by atoms with Crippen molar-refractivity contribution in [2.24, 2.45) is 0 Å². The zero-order valence-electron chi connectivity index (χ0n) is 38.8. The van der Waals surface area contributed by atoms with E-state index < -0.39 is 0 Å². The Bertz CT molecular complexity index is 3660. The summed E-state index contributed by atoms with van der Waals surface area (Å²) in [4.78, 5) is 0. The van der Waals surface area contributed by atoms with E-state index in [1.54, 1.807) is 0 Å². The Kier molecular flexibility index (Phi) is 8.56. The lowest BCUT2D eigenvalue weighted by atomic mass is 9.65. The summed E-state index contributed by atoms with van der Waals surface area (Å²) in [6.07, 6.45) is 5.60. The molecule has 1 aliphatic carbocycles. The molecule has 4 heteroatoms. The Morgan fingerprint density at radius 3 is 0.643 bits per heavy atom. The monoisotopic (exact) mass is 896 g/mol. The fourth-order valence-corrected chi connectivity index (χ4v) is 13.0. The van der Waals surface area contributed by atoms with E-state index in [2.05, 4.69) is 249 Å². The lowest BCUT2D eigenvalue weighted by Crippen LogP contribution is -2.31. The third-order valence-electron chi connectivity index (χ3n) is 16.0.